The number of carbonyl (C=O) groups excluding carboxylic acids is 2. The molecule has 0 aromatic rings. The summed E-state index contributed by atoms with van der Waals surface area (Å²) in [5.74, 6) is -0.381. The lowest BCUT2D eigenvalue weighted by molar-refractivity contribution is -0.131. The highest BCUT2D eigenvalue weighted by Crippen LogP contribution is 2.06. The van der Waals surface area contributed by atoms with Crippen molar-refractivity contribution in [1.82, 2.24) is 10.2 Å². The lowest BCUT2D eigenvalue weighted by atomic mass is 10.2. The Balaban J connectivity index is 4.34. The smallest absolute Gasteiger partial charge is 0.408 e. The maximum atomic E-state index is 11.5. The van der Waals surface area contributed by atoms with Gasteiger partial charge in [0.2, 0.25) is 5.91 Å². The number of nitrogens with one attached hydrogen (secondary N) is 1. The number of hydrogen-bond donors (Lipinski definition) is 2. The Hall–Kier alpha value is -1.30. The van der Waals surface area contributed by atoms with E-state index in [1.54, 1.807) is 34.9 Å². The number of nitrogens with zero attached hydrogens (tertiary/aromatic N) is 1. The molecule has 0 radical (unpaired) electrons. The van der Waals surface area contributed by atoms with Crippen LogP contribution in [-0.2, 0) is 9.53 Å². The molecule has 2 N–H and O–H groups in total. The first kappa shape index (κ1) is 14.7. The second-order valence-electron chi connectivity index (χ2n) is 4.61. The highest BCUT2D eigenvalue weighted by atomic mass is 16.6. The number of ether oxygens (including phenoxy) is 1. The fourth-order valence-electron chi connectivity index (χ4n) is 0.947. The number of likely N-dealkylation sites (N-methyl/N-ethyl adjacent to an activating group) is 1. The van der Waals surface area contributed by atoms with Crippen LogP contribution in [0, 0.1) is 0 Å². The van der Waals surface area contributed by atoms with E-state index < -0.39 is 24.3 Å². The molecule has 0 bridgehead atoms. The van der Waals surface area contributed by atoms with Crippen molar-refractivity contribution in [1.29, 1.82) is 0 Å². The Morgan fingerprint density at radius 2 is 1.88 bits per heavy atom. The molecule has 0 fully saturated rings. The van der Waals surface area contributed by atoms with Crippen LogP contribution in [0.4, 0.5) is 4.79 Å². The van der Waals surface area contributed by atoms with Crippen LogP contribution in [0.2, 0.25) is 0 Å². The van der Waals surface area contributed by atoms with Gasteiger partial charge in [-0.1, -0.05) is 0 Å². The third-order valence-electron chi connectivity index (χ3n) is 1.61. The molecule has 0 heterocycles. The van der Waals surface area contributed by atoms with Crippen molar-refractivity contribution in [2.24, 2.45) is 0 Å². The predicted octanol–water partition coefficient (Wildman–Crippen LogP) is -0.0398. The first-order valence-electron chi connectivity index (χ1n) is 4.99. The van der Waals surface area contributed by atoms with E-state index in [4.69, 9.17) is 9.84 Å². The van der Waals surface area contributed by atoms with Gasteiger partial charge in [0.15, 0.2) is 0 Å². The summed E-state index contributed by atoms with van der Waals surface area (Å²) in [6, 6.07) is -0.968. The minimum atomic E-state index is -0.968. The SMILES string of the molecule is CN(C)C(=O)[C@H](CO)NC(=O)OC(C)(C)C. The van der Waals surface area contributed by atoms with E-state index in [1.165, 1.54) is 4.90 Å². The normalized spacial score (nSPS) is 12.9. The largest absolute Gasteiger partial charge is 0.444 e. The van der Waals surface area contributed by atoms with E-state index in [0.29, 0.717) is 0 Å². The predicted molar refractivity (Wildman–Crippen MR) is 58.9 cm³/mol. The van der Waals surface area contributed by atoms with Crippen LogP contribution in [-0.4, -0.2) is 54.4 Å². The summed E-state index contributed by atoms with van der Waals surface area (Å²) in [7, 11) is 3.09. The molecule has 0 aromatic heterocycles. The summed E-state index contributed by atoms with van der Waals surface area (Å²) in [6.45, 7) is 4.69. The van der Waals surface area contributed by atoms with Crippen molar-refractivity contribution in [2.75, 3.05) is 20.7 Å². The van der Waals surface area contributed by atoms with Gasteiger partial charge in [-0.2, -0.15) is 0 Å². The molecule has 0 unspecified atom stereocenters. The lowest BCUT2D eigenvalue weighted by Crippen LogP contribution is -2.49. The van der Waals surface area contributed by atoms with Crippen molar-refractivity contribution in [3.63, 3.8) is 0 Å². The van der Waals surface area contributed by atoms with Gasteiger partial charge in [0, 0.05) is 14.1 Å². The number of aliphatic hydroxyl groups is 1. The van der Waals surface area contributed by atoms with E-state index in [9.17, 15) is 9.59 Å². The molecule has 0 rings (SSSR count). The molecular formula is C10H20N2O4. The number of hydrogen-bond acceptors (Lipinski definition) is 4. The van der Waals surface area contributed by atoms with Crippen molar-refractivity contribution >= 4 is 12.0 Å². The molecule has 94 valence electrons. The molecule has 0 saturated carbocycles. The third kappa shape index (κ3) is 5.55. The van der Waals surface area contributed by atoms with Crippen molar-refractivity contribution < 1.29 is 19.4 Å². The zero-order valence-electron chi connectivity index (χ0n) is 10.4. The molecule has 0 aromatic carbocycles. The van der Waals surface area contributed by atoms with Gasteiger partial charge in [0.05, 0.1) is 6.61 Å². The lowest BCUT2D eigenvalue weighted by Gasteiger charge is -2.23. The number of aliphatic hydroxyl groups excluding tert-OH is 1. The van der Waals surface area contributed by atoms with Crippen LogP contribution in [0.1, 0.15) is 20.8 Å². The van der Waals surface area contributed by atoms with Gasteiger partial charge in [-0.3, -0.25) is 4.79 Å². The molecule has 1 atom stereocenters. The quantitative estimate of drug-likeness (QED) is 0.715. The van der Waals surface area contributed by atoms with Crippen molar-refractivity contribution in [3.05, 3.63) is 0 Å². The Morgan fingerprint density at radius 3 is 2.19 bits per heavy atom. The average molecular weight is 232 g/mol. The summed E-state index contributed by atoms with van der Waals surface area (Å²) in [6.07, 6.45) is -0.721. The second-order valence-corrected chi connectivity index (χ2v) is 4.61. The first-order chi connectivity index (χ1) is 7.17. The number of carbonyl (C=O) groups is 2. The van der Waals surface area contributed by atoms with Crippen LogP contribution < -0.4 is 5.32 Å². The average Bonchev–Trinajstić information content (AvgIpc) is 2.09. The molecule has 0 aliphatic carbocycles. The van der Waals surface area contributed by atoms with Gasteiger partial charge in [-0.15, -0.1) is 0 Å². The second kappa shape index (κ2) is 5.69. The standard InChI is InChI=1S/C10H20N2O4/c1-10(2,3)16-9(15)11-7(6-13)8(14)12(4)5/h7,13H,6H2,1-5H3,(H,11,15)/t7-/m0/s1. The molecule has 6 heteroatoms. The van der Waals surface area contributed by atoms with Crippen molar-refractivity contribution in [2.45, 2.75) is 32.4 Å². The molecular weight excluding hydrogens is 212 g/mol. The van der Waals surface area contributed by atoms with Gasteiger partial charge in [0.25, 0.3) is 0 Å². The fraction of sp³-hybridized carbons (Fsp3) is 0.800. The Labute approximate surface area is 95.6 Å². The Morgan fingerprint density at radius 1 is 1.38 bits per heavy atom. The number of amides is 2. The van der Waals surface area contributed by atoms with Gasteiger partial charge in [0.1, 0.15) is 11.6 Å². The third-order valence-corrected chi connectivity index (χ3v) is 1.61. The van der Waals surface area contributed by atoms with Crippen LogP contribution in [0.15, 0.2) is 0 Å². The highest BCUT2D eigenvalue weighted by Gasteiger charge is 2.24. The summed E-state index contributed by atoms with van der Waals surface area (Å²) in [4.78, 5) is 24.1. The summed E-state index contributed by atoms with van der Waals surface area (Å²) in [5, 5.41) is 11.3. The zero-order chi connectivity index (χ0) is 12.9. The van der Waals surface area contributed by atoms with E-state index in [-0.39, 0.29) is 5.91 Å². The number of rotatable bonds is 3. The number of alkyl carbamates (subject to hydrolysis) is 1. The molecule has 6 nitrogen and oxygen atoms in total. The maximum absolute atomic E-state index is 11.5. The van der Waals surface area contributed by atoms with E-state index in [2.05, 4.69) is 5.32 Å². The molecule has 0 spiro atoms. The molecule has 0 saturated heterocycles. The monoisotopic (exact) mass is 232 g/mol. The van der Waals surface area contributed by atoms with Crippen LogP contribution in [0.3, 0.4) is 0 Å². The summed E-state index contributed by atoms with van der Waals surface area (Å²) < 4.78 is 4.97. The molecule has 2 amide bonds. The van der Waals surface area contributed by atoms with Crippen LogP contribution >= 0.6 is 0 Å². The van der Waals surface area contributed by atoms with Gasteiger partial charge < -0.3 is 20.1 Å². The minimum absolute atomic E-state index is 0.381. The summed E-state index contributed by atoms with van der Waals surface area (Å²) >= 11 is 0. The Kier molecular flexibility index (Phi) is 5.23. The van der Waals surface area contributed by atoms with E-state index in [1.807, 2.05) is 0 Å². The molecule has 0 aliphatic heterocycles. The topological polar surface area (TPSA) is 78.9 Å². The molecule has 0 aliphatic rings. The minimum Gasteiger partial charge on any atom is -0.444 e. The fourth-order valence-corrected chi connectivity index (χ4v) is 0.947. The van der Waals surface area contributed by atoms with Gasteiger partial charge in [-0.05, 0) is 20.8 Å². The first-order valence-corrected chi connectivity index (χ1v) is 4.99. The summed E-state index contributed by atoms with van der Waals surface area (Å²) in [5.41, 5.74) is -0.634. The van der Waals surface area contributed by atoms with E-state index in [0.717, 1.165) is 0 Å². The molecule has 16 heavy (non-hydrogen) atoms. The van der Waals surface area contributed by atoms with Gasteiger partial charge >= 0.3 is 6.09 Å². The zero-order valence-corrected chi connectivity index (χ0v) is 10.4. The maximum Gasteiger partial charge on any atom is 0.408 e. The van der Waals surface area contributed by atoms with E-state index >= 15 is 0 Å². The van der Waals surface area contributed by atoms with Gasteiger partial charge in [-0.25, -0.2) is 4.79 Å². The highest BCUT2D eigenvalue weighted by molar-refractivity contribution is 5.85. The van der Waals surface area contributed by atoms with Crippen molar-refractivity contribution in [3.8, 4) is 0 Å². The van der Waals surface area contributed by atoms with Crippen LogP contribution in [0.25, 0.3) is 0 Å². The Bertz CT molecular complexity index is 258. The van der Waals surface area contributed by atoms with Crippen LogP contribution in [0.5, 0.6) is 0 Å².